The van der Waals surface area contributed by atoms with E-state index in [1.165, 1.54) is 18.2 Å². The summed E-state index contributed by atoms with van der Waals surface area (Å²) in [5.74, 6) is -0.508. The molecule has 0 fully saturated rings. The van der Waals surface area contributed by atoms with E-state index in [-0.39, 0.29) is 17.0 Å². The Kier molecular flexibility index (Phi) is 4.47. The number of fused-ring (bicyclic) bond motifs is 1. The number of para-hydroxylation sites is 3. The summed E-state index contributed by atoms with van der Waals surface area (Å²) >= 11 is 0. The van der Waals surface area contributed by atoms with Gasteiger partial charge >= 0.3 is 5.97 Å². The van der Waals surface area contributed by atoms with Crippen LogP contribution in [0.1, 0.15) is 10.4 Å². The van der Waals surface area contributed by atoms with E-state index in [2.05, 4.69) is 9.97 Å². The van der Waals surface area contributed by atoms with Crippen LogP contribution in [0.5, 0.6) is 5.75 Å². The molecule has 0 spiro atoms. The van der Waals surface area contributed by atoms with Gasteiger partial charge in [-0.15, -0.1) is 0 Å². The Morgan fingerprint density at radius 1 is 0.893 bits per heavy atom. The van der Waals surface area contributed by atoms with Crippen LogP contribution in [-0.4, -0.2) is 20.9 Å². The van der Waals surface area contributed by atoms with Gasteiger partial charge in [0.2, 0.25) is 0 Å². The molecule has 0 atom stereocenters. The summed E-state index contributed by atoms with van der Waals surface area (Å²) in [6, 6.07) is 19.9. The Bertz CT molecular complexity index is 1190. The van der Waals surface area contributed by atoms with Gasteiger partial charge in [-0.25, -0.2) is 9.78 Å². The van der Waals surface area contributed by atoms with Gasteiger partial charge in [0.25, 0.3) is 5.69 Å². The minimum absolute atomic E-state index is 0.100. The van der Waals surface area contributed by atoms with Crippen molar-refractivity contribution in [2.24, 2.45) is 0 Å². The van der Waals surface area contributed by atoms with Crippen molar-refractivity contribution in [3.8, 4) is 17.0 Å². The summed E-state index contributed by atoms with van der Waals surface area (Å²) in [4.78, 5) is 31.7. The van der Waals surface area contributed by atoms with Gasteiger partial charge in [0.1, 0.15) is 11.3 Å². The fourth-order valence-corrected chi connectivity index (χ4v) is 2.76. The minimum Gasteiger partial charge on any atom is -0.423 e. The normalized spacial score (nSPS) is 10.6. The fourth-order valence-electron chi connectivity index (χ4n) is 2.76. The maximum atomic E-state index is 12.3. The molecule has 1 heterocycles. The summed E-state index contributed by atoms with van der Waals surface area (Å²) < 4.78 is 5.27. The van der Waals surface area contributed by atoms with Crippen LogP contribution in [0.4, 0.5) is 5.69 Å². The highest BCUT2D eigenvalue weighted by Crippen LogP contribution is 2.24. The zero-order chi connectivity index (χ0) is 19.5. The third-order valence-electron chi connectivity index (χ3n) is 4.13. The SMILES string of the molecule is O=C(Oc1ccc(-c2cnc3ccccc3n2)cc1)c1ccccc1[N+](=O)[O-]. The van der Waals surface area contributed by atoms with Crippen LogP contribution in [-0.2, 0) is 0 Å². The highest BCUT2D eigenvalue weighted by Gasteiger charge is 2.21. The predicted molar refractivity (Wildman–Crippen MR) is 103 cm³/mol. The molecule has 0 aliphatic rings. The molecule has 28 heavy (non-hydrogen) atoms. The smallest absolute Gasteiger partial charge is 0.350 e. The van der Waals surface area contributed by atoms with E-state index in [1.54, 1.807) is 36.5 Å². The van der Waals surface area contributed by atoms with Gasteiger partial charge in [0.05, 0.1) is 27.8 Å². The van der Waals surface area contributed by atoms with E-state index >= 15 is 0 Å². The molecule has 0 aliphatic heterocycles. The lowest BCUT2D eigenvalue weighted by Gasteiger charge is -2.06. The summed E-state index contributed by atoms with van der Waals surface area (Å²) in [5.41, 5.74) is 2.69. The van der Waals surface area contributed by atoms with Crippen LogP contribution in [0, 0.1) is 10.1 Å². The topological polar surface area (TPSA) is 95.2 Å². The molecule has 0 radical (unpaired) electrons. The molecule has 7 nitrogen and oxygen atoms in total. The molecule has 0 unspecified atom stereocenters. The predicted octanol–water partition coefficient (Wildman–Crippen LogP) is 4.42. The maximum absolute atomic E-state index is 12.3. The van der Waals surface area contributed by atoms with Gasteiger partial charge in [0, 0.05) is 11.6 Å². The van der Waals surface area contributed by atoms with Gasteiger partial charge in [-0.1, -0.05) is 24.3 Å². The second-order valence-electron chi connectivity index (χ2n) is 5.93. The molecule has 0 saturated heterocycles. The highest BCUT2D eigenvalue weighted by atomic mass is 16.6. The van der Waals surface area contributed by atoms with Crippen molar-refractivity contribution in [2.75, 3.05) is 0 Å². The van der Waals surface area contributed by atoms with Crippen molar-refractivity contribution in [3.05, 3.63) is 94.7 Å². The molecule has 0 N–H and O–H groups in total. The Hall–Kier alpha value is -4.13. The number of nitro benzene ring substituents is 1. The second kappa shape index (κ2) is 7.24. The van der Waals surface area contributed by atoms with Crippen molar-refractivity contribution in [1.29, 1.82) is 0 Å². The molecule has 4 rings (SSSR count). The van der Waals surface area contributed by atoms with Crippen LogP contribution in [0.15, 0.2) is 79.0 Å². The number of hydrogen-bond donors (Lipinski definition) is 0. The van der Waals surface area contributed by atoms with Crippen LogP contribution in [0.2, 0.25) is 0 Å². The number of carbonyl (C=O) groups is 1. The molecular weight excluding hydrogens is 358 g/mol. The summed E-state index contributed by atoms with van der Waals surface area (Å²) in [6.07, 6.45) is 1.68. The number of esters is 1. The fraction of sp³-hybridized carbons (Fsp3) is 0. The van der Waals surface area contributed by atoms with Gasteiger partial charge in [-0.3, -0.25) is 15.1 Å². The van der Waals surface area contributed by atoms with Gasteiger partial charge in [-0.2, -0.15) is 0 Å². The average molecular weight is 371 g/mol. The molecule has 4 aromatic rings. The molecule has 0 bridgehead atoms. The Morgan fingerprint density at radius 2 is 1.57 bits per heavy atom. The summed E-state index contributed by atoms with van der Waals surface area (Å²) in [7, 11) is 0. The quantitative estimate of drug-likeness (QED) is 0.228. The van der Waals surface area contributed by atoms with Crippen molar-refractivity contribution < 1.29 is 14.5 Å². The standard InChI is InChI=1S/C21H13N3O4/c25-21(16-5-1-4-8-20(16)24(26)27)28-15-11-9-14(10-12-15)19-13-22-17-6-2-3-7-18(17)23-19/h1-13H. The first-order chi connectivity index (χ1) is 13.6. The van der Waals surface area contributed by atoms with Crippen molar-refractivity contribution in [1.82, 2.24) is 9.97 Å². The minimum atomic E-state index is -0.787. The number of nitro groups is 1. The van der Waals surface area contributed by atoms with Crippen LogP contribution in [0.3, 0.4) is 0 Å². The van der Waals surface area contributed by atoms with Crippen LogP contribution < -0.4 is 4.74 Å². The Labute approximate surface area is 159 Å². The summed E-state index contributed by atoms with van der Waals surface area (Å²) in [5, 5.41) is 11.1. The Morgan fingerprint density at radius 3 is 2.32 bits per heavy atom. The lowest BCUT2D eigenvalue weighted by atomic mass is 10.1. The number of nitrogens with zero attached hydrogens (tertiary/aromatic N) is 3. The third kappa shape index (κ3) is 3.41. The van der Waals surface area contributed by atoms with E-state index in [4.69, 9.17) is 4.74 Å². The number of rotatable bonds is 4. The summed E-state index contributed by atoms with van der Waals surface area (Å²) in [6.45, 7) is 0. The van der Waals surface area contributed by atoms with Gasteiger partial charge < -0.3 is 4.74 Å². The molecular formula is C21H13N3O4. The molecule has 136 valence electrons. The maximum Gasteiger partial charge on any atom is 0.350 e. The first-order valence-electron chi connectivity index (χ1n) is 8.39. The number of benzene rings is 3. The molecule has 0 amide bonds. The molecule has 0 saturated carbocycles. The average Bonchev–Trinajstić information content (AvgIpc) is 2.74. The Balaban J connectivity index is 1.56. The zero-order valence-electron chi connectivity index (χ0n) is 14.5. The first-order valence-corrected chi connectivity index (χ1v) is 8.39. The number of aromatic nitrogens is 2. The third-order valence-corrected chi connectivity index (χ3v) is 4.13. The van der Waals surface area contributed by atoms with E-state index in [0.29, 0.717) is 5.69 Å². The van der Waals surface area contributed by atoms with E-state index in [0.717, 1.165) is 16.6 Å². The van der Waals surface area contributed by atoms with Crippen LogP contribution >= 0.6 is 0 Å². The number of carbonyl (C=O) groups excluding carboxylic acids is 1. The number of hydrogen-bond acceptors (Lipinski definition) is 6. The monoisotopic (exact) mass is 371 g/mol. The van der Waals surface area contributed by atoms with Crippen molar-refractivity contribution in [2.45, 2.75) is 0 Å². The molecule has 1 aromatic heterocycles. The molecule has 0 aliphatic carbocycles. The first kappa shape index (κ1) is 17.3. The van der Waals surface area contributed by atoms with E-state index < -0.39 is 10.9 Å². The van der Waals surface area contributed by atoms with E-state index in [1.807, 2.05) is 24.3 Å². The van der Waals surface area contributed by atoms with Gasteiger partial charge in [-0.05, 0) is 42.5 Å². The van der Waals surface area contributed by atoms with Crippen molar-refractivity contribution >= 4 is 22.7 Å². The largest absolute Gasteiger partial charge is 0.423 e. The molecule has 7 heteroatoms. The zero-order valence-corrected chi connectivity index (χ0v) is 14.5. The lowest BCUT2D eigenvalue weighted by molar-refractivity contribution is -0.385. The lowest BCUT2D eigenvalue weighted by Crippen LogP contribution is -2.10. The van der Waals surface area contributed by atoms with E-state index in [9.17, 15) is 14.9 Å². The van der Waals surface area contributed by atoms with Gasteiger partial charge in [0.15, 0.2) is 0 Å². The second-order valence-corrected chi connectivity index (χ2v) is 5.93. The van der Waals surface area contributed by atoms with Crippen LogP contribution in [0.25, 0.3) is 22.3 Å². The number of ether oxygens (including phenoxy) is 1. The van der Waals surface area contributed by atoms with Crippen molar-refractivity contribution in [3.63, 3.8) is 0 Å². The highest BCUT2D eigenvalue weighted by molar-refractivity contribution is 5.95. The molecule has 3 aromatic carbocycles.